The van der Waals surface area contributed by atoms with Crippen LogP contribution in [0, 0.1) is 0 Å². The first-order valence-corrected chi connectivity index (χ1v) is 26.0. The highest BCUT2D eigenvalue weighted by atomic mass is 16.6. The zero-order valence-corrected chi connectivity index (χ0v) is 41.9. The van der Waals surface area contributed by atoms with Crippen molar-refractivity contribution in [3.05, 3.63) is 146 Å². The van der Waals surface area contributed by atoms with Gasteiger partial charge in [-0.3, -0.25) is 14.4 Å². The molecule has 0 aliphatic carbocycles. The zero-order valence-electron chi connectivity index (χ0n) is 41.9. The summed E-state index contributed by atoms with van der Waals surface area (Å²) in [6, 6.07) is 0. The van der Waals surface area contributed by atoms with Crippen molar-refractivity contribution in [2.75, 3.05) is 13.2 Å². The normalized spacial score (nSPS) is 13.3. The molecule has 0 heterocycles. The third kappa shape index (κ3) is 50.3. The summed E-state index contributed by atoms with van der Waals surface area (Å²) in [5.41, 5.74) is 0. The van der Waals surface area contributed by atoms with Crippen LogP contribution in [0.5, 0.6) is 0 Å². The highest BCUT2D eigenvalue weighted by molar-refractivity contribution is 5.71. The number of hydrogen-bond acceptors (Lipinski definition) is 6. The molecule has 0 aromatic carbocycles. The zero-order chi connectivity index (χ0) is 47.9. The van der Waals surface area contributed by atoms with Gasteiger partial charge in [0.1, 0.15) is 13.2 Å². The Balaban J connectivity index is 4.59. The van der Waals surface area contributed by atoms with E-state index in [0.29, 0.717) is 19.3 Å². The van der Waals surface area contributed by atoms with Gasteiger partial charge in [0.15, 0.2) is 6.10 Å². The lowest BCUT2D eigenvalue weighted by Gasteiger charge is -2.18. The lowest BCUT2D eigenvalue weighted by atomic mass is 10.1. The minimum Gasteiger partial charge on any atom is -0.462 e. The number of carbonyl (C=O) groups is 3. The molecular weight excluding hydrogens is 817 g/mol. The second-order valence-electron chi connectivity index (χ2n) is 16.6. The van der Waals surface area contributed by atoms with Crippen molar-refractivity contribution in [2.45, 2.75) is 200 Å². The van der Waals surface area contributed by atoms with E-state index >= 15 is 0 Å². The first kappa shape index (κ1) is 61.3. The first-order valence-electron chi connectivity index (χ1n) is 26.0. The van der Waals surface area contributed by atoms with E-state index < -0.39 is 6.10 Å². The van der Waals surface area contributed by atoms with E-state index in [1.807, 2.05) is 115 Å². The Bertz CT molecular complexity index is 1510. The Labute approximate surface area is 404 Å². The Morgan fingerprint density at radius 3 is 1.05 bits per heavy atom. The summed E-state index contributed by atoms with van der Waals surface area (Å²) in [4.78, 5) is 38.0. The van der Waals surface area contributed by atoms with E-state index in [0.717, 1.165) is 70.6 Å². The van der Waals surface area contributed by atoms with E-state index in [1.54, 1.807) is 0 Å². The molecule has 6 heteroatoms. The third-order valence-corrected chi connectivity index (χ3v) is 10.3. The summed E-state index contributed by atoms with van der Waals surface area (Å²) in [6.07, 6.45) is 75.5. The predicted molar refractivity (Wildman–Crippen MR) is 283 cm³/mol. The molecule has 0 amide bonds. The van der Waals surface area contributed by atoms with Crippen LogP contribution in [0.3, 0.4) is 0 Å². The molecule has 0 aromatic rings. The van der Waals surface area contributed by atoms with Crippen LogP contribution >= 0.6 is 0 Å². The van der Waals surface area contributed by atoms with Gasteiger partial charge in [-0.1, -0.05) is 244 Å². The summed E-state index contributed by atoms with van der Waals surface area (Å²) in [7, 11) is 0. The first-order chi connectivity index (χ1) is 32.5. The monoisotopic (exact) mass is 909 g/mol. The summed E-state index contributed by atoms with van der Waals surface area (Å²) in [5.74, 6) is -1.07. The Morgan fingerprint density at radius 1 is 0.318 bits per heavy atom. The molecule has 0 radical (unpaired) electrons. The number of rotatable bonds is 44. The van der Waals surface area contributed by atoms with Gasteiger partial charge in [-0.05, 0) is 77.0 Å². The quantitative estimate of drug-likeness (QED) is 0.0199. The maximum Gasteiger partial charge on any atom is 0.306 e. The maximum atomic E-state index is 12.8. The third-order valence-electron chi connectivity index (χ3n) is 10.3. The number of ether oxygens (including phenoxy) is 3. The average Bonchev–Trinajstić information content (AvgIpc) is 3.31. The van der Waals surface area contributed by atoms with Crippen molar-refractivity contribution in [3.63, 3.8) is 0 Å². The van der Waals surface area contributed by atoms with E-state index in [-0.39, 0.29) is 44.0 Å². The predicted octanol–water partition coefficient (Wildman–Crippen LogP) is 17.3. The molecule has 0 aromatic heterocycles. The van der Waals surface area contributed by atoms with E-state index in [1.165, 1.54) is 70.6 Å². The number of carbonyl (C=O) groups excluding carboxylic acids is 3. The summed E-state index contributed by atoms with van der Waals surface area (Å²) >= 11 is 0. The Morgan fingerprint density at radius 2 is 0.621 bits per heavy atom. The van der Waals surface area contributed by atoms with Crippen LogP contribution in [0.1, 0.15) is 194 Å². The summed E-state index contributed by atoms with van der Waals surface area (Å²) < 4.78 is 16.7. The number of esters is 3. The van der Waals surface area contributed by atoms with Crippen LogP contribution < -0.4 is 0 Å². The molecule has 1 atom stereocenters. The highest BCUT2D eigenvalue weighted by Crippen LogP contribution is 2.13. The van der Waals surface area contributed by atoms with E-state index in [9.17, 15) is 14.4 Å². The standard InChI is InChI=1S/C60H92O6/c1-4-7-10-13-16-19-22-25-27-29-31-32-35-38-41-44-47-50-53-59(62)65-56-57(55-64-58(61)52-49-46-43-40-37-34-24-21-18-15-12-9-6-3)66-60(63)54-51-48-45-42-39-36-33-30-28-26-23-20-17-14-11-8-5-2/h8-9,11-12,14-15,17-18,20-21,23-24,26,28,30-34,36-37,39-40,43,57H,4-7,10,13,16,19,22,25,27,29,35,38,41-42,44-56H2,1-3H3/b11-8+,12-9+,17-14+,18-15+,23-20+,24-21+,28-26+,32-31+,33-30+,37-34+,39-36+,43-40+. The lowest BCUT2D eigenvalue weighted by Crippen LogP contribution is -2.30. The molecular formula is C60H92O6. The molecule has 368 valence electrons. The molecule has 0 N–H and O–H groups in total. The van der Waals surface area contributed by atoms with Crippen molar-refractivity contribution in [2.24, 2.45) is 0 Å². The van der Waals surface area contributed by atoms with Crippen LogP contribution in [-0.2, 0) is 28.6 Å². The van der Waals surface area contributed by atoms with Crippen LogP contribution in [0.25, 0.3) is 0 Å². The van der Waals surface area contributed by atoms with Gasteiger partial charge in [-0.15, -0.1) is 0 Å². The van der Waals surface area contributed by atoms with Gasteiger partial charge in [0, 0.05) is 19.3 Å². The Kier molecular flexibility index (Phi) is 49.1. The lowest BCUT2D eigenvalue weighted by molar-refractivity contribution is -0.167. The van der Waals surface area contributed by atoms with Gasteiger partial charge in [0.05, 0.1) is 0 Å². The molecule has 0 saturated carbocycles. The topological polar surface area (TPSA) is 78.9 Å². The molecule has 0 spiro atoms. The molecule has 0 aliphatic heterocycles. The minimum atomic E-state index is -0.840. The largest absolute Gasteiger partial charge is 0.462 e. The smallest absolute Gasteiger partial charge is 0.306 e. The fraction of sp³-hybridized carbons (Fsp3) is 0.550. The second-order valence-corrected chi connectivity index (χ2v) is 16.6. The number of unbranched alkanes of at least 4 members (excludes halogenated alkanes) is 18. The van der Waals surface area contributed by atoms with E-state index in [4.69, 9.17) is 14.2 Å². The Hall–Kier alpha value is -4.71. The maximum absolute atomic E-state index is 12.8. The molecule has 66 heavy (non-hydrogen) atoms. The highest BCUT2D eigenvalue weighted by Gasteiger charge is 2.19. The fourth-order valence-corrected chi connectivity index (χ4v) is 6.50. The molecule has 0 aliphatic rings. The van der Waals surface area contributed by atoms with Crippen molar-refractivity contribution < 1.29 is 28.6 Å². The summed E-state index contributed by atoms with van der Waals surface area (Å²) in [6.45, 7) is 6.22. The fourth-order valence-electron chi connectivity index (χ4n) is 6.50. The molecule has 0 bridgehead atoms. The SMILES string of the molecule is CC/C=C/C=C/C=C/C=C/C=C/C=C/CCCCCC(=O)OC(COC(=O)CCC/C=C/C=C/C=C/C=C/C=C/CC)COC(=O)CCCCCCC/C=C/CCCCCCCCCCC. The van der Waals surface area contributed by atoms with Crippen molar-refractivity contribution in [3.8, 4) is 0 Å². The van der Waals surface area contributed by atoms with Gasteiger partial charge in [0.2, 0.25) is 0 Å². The number of hydrogen-bond donors (Lipinski definition) is 0. The van der Waals surface area contributed by atoms with Crippen LogP contribution in [0.4, 0.5) is 0 Å². The second kappa shape index (κ2) is 52.9. The molecule has 1 unspecified atom stereocenters. The van der Waals surface area contributed by atoms with Gasteiger partial charge < -0.3 is 14.2 Å². The van der Waals surface area contributed by atoms with E-state index in [2.05, 4.69) is 51.2 Å². The van der Waals surface area contributed by atoms with Crippen LogP contribution in [-0.4, -0.2) is 37.2 Å². The van der Waals surface area contributed by atoms with Gasteiger partial charge in [-0.25, -0.2) is 0 Å². The van der Waals surface area contributed by atoms with Gasteiger partial charge in [0.25, 0.3) is 0 Å². The molecule has 0 saturated heterocycles. The van der Waals surface area contributed by atoms with Crippen LogP contribution in [0.2, 0.25) is 0 Å². The summed E-state index contributed by atoms with van der Waals surface area (Å²) in [5, 5.41) is 0. The van der Waals surface area contributed by atoms with Gasteiger partial charge in [-0.2, -0.15) is 0 Å². The van der Waals surface area contributed by atoms with Crippen molar-refractivity contribution in [1.82, 2.24) is 0 Å². The van der Waals surface area contributed by atoms with Gasteiger partial charge >= 0.3 is 17.9 Å². The van der Waals surface area contributed by atoms with Crippen molar-refractivity contribution >= 4 is 17.9 Å². The minimum absolute atomic E-state index is 0.129. The average molecular weight is 909 g/mol. The molecule has 6 nitrogen and oxygen atoms in total. The van der Waals surface area contributed by atoms with Crippen LogP contribution in [0.15, 0.2) is 146 Å². The molecule has 0 fully saturated rings. The number of allylic oxidation sites excluding steroid dienone is 24. The van der Waals surface area contributed by atoms with Crippen molar-refractivity contribution in [1.29, 1.82) is 0 Å². The molecule has 0 rings (SSSR count).